The Morgan fingerprint density at radius 3 is 2.54 bits per heavy atom. The second-order valence-electron chi connectivity index (χ2n) is 6.14. The number of carbonyl (C=O) groups excluding carboxylic acids is 1. The monoisotopic (exact) mass is 446 g/mol. The molecule has 1 aliphatic heterocycles. The third-order valence-corrected chi connectivity index (χ3v) is 4.63. The zero-order valence-corrected chi connectivity index (χ0v) is 17.2. The van der Waals surface area contributed by atoms with Gasteiger partial charge in [0.25, 0.3) is 5.91 Å². The molecular weight excluding hydrogens is 424 g/mol. The Labute approximate surface area is 172 Å². The smallest absolute Gasteiger partial charge is 0.251 e. The number of amides is 1. The molecule has 0 aliphatic carbocycles. The van der Waals surface area contributed by atoms with Crippen molar-refractivity contribution in [3.63, 3.8) is 0 Å². The number of benzene rings is 2. The molecule has 3 rings (SSSR count). The van der Waals surface area contributed by atoms with Crippen LogP contribution in [0, 0.1) is 0 Å². The van der Waals surface area contributed by atoms with Crippen LogP contribution < -0.4 is 25.4 Å². The van der Waals surface area contributed by atoms with Crippen molar-refractivity contribution in [1.82, 2.24) is 16.0 Å². The summed E-state index contributed by atoms with van der Waals surface area (Å²) in [4.78, 5) is 16.3. The fourth-order valence-corrected chi connectivity index (χ4v) is 2.92. The molecule has 1 amide bonds. The van der Waals surface area contributed by atoms with Crippen LogP contribution in [0.5, 0.6) is 11.5 Å². The van der Waals surface area contributed by atoms with Crippen LogP contribution in [0.4, 0.5) is 0 Å². The average Bonchev–Trinajstić information content (AvgIpc) is 2.73. The molecule has 0 radical (unpaired) electrons. The van der Waals surface area contributed by atoms with E-state index in [0.717, 1.165) is 16.0 Å². The maximum Gasteiger partial charge on any atom is 0.251 e. The fourth-order valence-electron chi connectivity index (χ4n) is 2.66. The number of halogens is 1. The van der Waals surface area contributed by atoms with E-state index in [1.165, 1.54) is 0 Å². The SMILES string of the molecule is CN=C(NCCNC(=O)c1ccc(Br)cc1)NCC1COc2ccccc2O1. The number of rotatable bonds is 6. The fraction of sp³-hybridized carbons (Fsp3) is 0.300. The van der Waals surface area contributed by atoms with Crippen molar-refractivity contribution in [3.8, 4) is 11.5 Å². The molecule has 1 unspecified atom stereocenters. The number of hydrogen-bond acceptors (Lipinski definition) is 4. The molecule has 0 saturated heterocycles. The highest BCUT2D eigenvalue weighted by molar-refractivity contribution is 9.10. The van der Waals surface area contributed by atoms with E-state index in [4.69, 9.17) is 9.47 Å². The van der Waals surface area contributed by atoms with Crippen molar-refractivity contribution in [2.75, 3.05) is 33.3 Å². The molecule has 3 N–H and O–H groups in total. The van der Waals surface area contributed by atoms with E-state index in [1.807, 2.05) is 36.4 Å². The number of nitrogens with one attached hydrogen (secondary N) is 3. The van der Waals surface area contributed by atoms with Crippen LogP contribution in [-0.2, 0) is 0 Å². The van der Waals surface area contributed by atoms with E-state index in [1.54, 1.807) is 19.2 Å². The average molecular weight is 447 g/mol. The number of para-hydroxylation sites is 2. The van der Waals surface area contributed by atoms with Gasteiger partial charge >= 0.3 is 0 Å². The van der Waals surface area contributed by atoms with E-state index >= 15 is 0 Å². The first-order chi connectivity index (χ1) is 13.7. The summed E-state index contributed by atoms with van der Waals surface area (Å²) in [6, 6.07) is 14.9. The van der Waals surface area contributed by atoms with Gasteiger partial charge in [0.1, 0.15) is 12.7 Å². The summed E-state index contributed by atoms with van der Waals surface area (Å²) in [7, 11) is 1.70. The van der Waals surface area contributed by atoms with Gasteiger partial charge in [-0.05, 0) is 36.4 Å². The molecule has 8 heteroatoms. The minimum Gasteiger partial charge on any atom is -0.486 e. The number of nitrogens with zero attached hydrogens (tertiary/aromatic N) is 1. The second kappa shape index (κ2) is 9.98. The van der Waals surface area contributed by atoms with Crippen LogP contribution in [-0.4, -0.2) is 51.3 Å². The van der Waals surface area contributed by atoms with Gasteiger partial charge in [0.15, 0.2) is 17.5 Å². The highest BCUT2D eigenvalue weighted by Crippen LogP contribution is 2.30. The minimum absolute atomic E-state index is 0.106. The highest BCUT2D eigenvalue weighted by atomic mass is 79.9. The van der Waals surface area contributed by atoms with Crippen molar-refractivity contribution in [3.05, 3.63) is 58.6 Å². The highest BCUT2D eigenvalue weighted by Gasteiger charge is 2.20. The van der Waals surface area contributed by atoms with Gasteiger partial charge in [-0.1, -0.05) is 28.1 Å². The molecule has 1 aliphatic rings. The van der Waals surface area contributed by atoms with Crippen LogP contribution in [0.1, 0.15) is 10.4 Å². The summed E-state index contributed by atoms with van der Waals surface area (Å²) in [5.41, 5.74) is 0.625. The Bertz CT molecular complexity index is 826. The van der Waals surface area contributed by atoms with Crippen molar-refractivity contribution >= 4 is 27.8 Å². The molecule has 0 saturated carbocycles. The molecular formula is C20H23BrN4O3. The third kappa shape index (κ3) is 5.63. The van der Waals surface area contributed by atoms with E-state index in [0.29, 0.717) is 37.8 Å². The largest absolute Gasteiger partial charge is 0.486 e. The first kappa shape index (κ1) is 20.0. The predicted octanol–water partition coefficient (Wildman–Crippen LogP) is 2.18. The van der Waals surface area contributed by atoms with E-state index in [2.05, 4.69) is 36.9 Å². The molecule has 0 fully saturated rings. The quantitative estimate of drug-likeness (QED) is 0.359. The number of guanidine groups is 1. The lowest BCUT2D eigenvalue weighted by molar-refractivity contribution is 0.0936. The summed E-state index contributed by atoms with van der Waals surface area (Å²) < 4.78 is 12.6. The molecule has 7 nitrogen and oxygen atoms in total. The van der Waals surface area contributed by atoms with Crippen molar-refractivity contribution in [2.24, 2.45) is 4.99 Å². The van der Waals surface area contributed by atoms with Crippen molar-refractivity contribution < 1.29 is 14.3 Å². The third-order valence-electron chi connectivity index (χ3n) is 4.10. The molecule has 148 valence electrons. The Balaban J connectivity index is 1.36. The molecule has 0 aromatic heterocycles. The molecule has 2 aromatic carbocycles. The van der Waals surface area contributed by atoms with Crippen LogP contribution in [0.15, 0.2) is 58.0 Å². The van der Waals surface area contributed by atoms with Gasteiger partial charge in [-0.2, -0.15) is 0 Å². The number of carbonyl (C=O) groups is 1. The van der Waals surface area contributed by atoms with Gasteiger partial charge in [-0.3, -0.25) is 9.79 Å². The van der Waals surface area contributed by atoms with Gasteiger partial charge in [0.05, 0.1) is 6.54 Å². The Hall–Kier alpha value is -2.74. The molecule has 2 aromatic rings. The molecule has 0 spiro atoms. The normalized spacial score (nSPS) is 15.6. The zero-order chi connectivity index (χ0) is 19.8. The Morgan fingerprint density at radius 2 is 1.79 bits per heavy atom. The first-order valence-corrected chi connectivity index (χ1v) is 9.82. The van der Waals surface area contributed by atoms with Gasteiger partial charge in [-0.15, -0.1) is 0 Å². The van der Waals surface area contributed by atoms with Gasteiger partial charge in [0.2, 0.25) is 0 Å². The van der Waals surface area contributed by atoms with Crippen LogP contribution >= 0.6 is 15.9 Å². The summed E-state index contributed by atoms with van der Waals surface area (Å²) >= 11 is 3.36. The lowest BCUT2D eigenvalue weighted by atomic mass is 10.2. The van der Waals surface area contributed by atoms with E-state index in [9.17, 15) is 4.79 Å². The summed E-state index contributed by atoms with van der Waals surface area (Å²) in [5, 5.41) is 9.25. The molecule has 0 bridgehead atoms. The van der Waals surface area contributed by atoms with Crippen LogP contribution in [0.25, 0.3) is 0 Å². The number of aliphatic imine (C=N–C) groups is 1. The zero-order valence-electron chi connectivity index (χ0n) is 15.6. The van der Waals surface area contributed by atoms with E-state index in [-0.39, 0.29) is 12.0 Å². The molecule has 28 heavy (non-hydrogen) atoms. The van der Waals surface area contributed by atoms with Gasteiger partial charge in [0, 0.05) is 30.2 Å². The van der Waals surface area contributed by atoms with E-state index < -0.39 is 0 Å². The summed E-state index contributed by atoms with van der Waals surface area (Å²) in [5.74, 6) is 2.05. The number of ether oxygens (including phenoxy) is 2. The van der Waals surface area contributed by atoms with Crippen molar-refractivity contribution in [2.45, 2.75) is 6.10 Å². The van der Waals surface area contributed by atoms with Crippen LogP contribution in [0.2, 0.25) is 0 Å². The lowest BCUT2D eigenvalue weighted by Crippen LogP contribution is -2.46. The Kier molecular flexibility index (Phi) is 7.13. The topological polar surface area (TPSA) is 84.0 Å². The van der Waals surface area contributed by atoms with Gasteiger partial charge < -0.3 is 25.4 Å². The Morgan fingerprint density at radius 1 is 1.07 bits per heavy atom. The standard InChI is InChI=1S/C20H23BrN4O3/c1-22-20(24-11-10-23-19(26)14-6-8-15(21)9-7-14)25-12-16-13-27-17-4-2-3-5-18(17)28-16/h2-9,16H,10-13H2,1H3,(H,23,26)(H2,22,24,25). The summed E-state index contributed by atoms with van der Waals surface area (Å²) in [6.07, 6.45) is -0.106. The number of hydrogen-bond donors (Lipinski definition) is 3. The molecule has 1 atom stereocenters. The second-order valence-corrected chi connectivity index (χ2v) is 7.06. The molecule has 1 heterocycles. The number of fused-ring (bicyclic) bond motifs is 1. The van der Waals surface area contributed by atoms with Crippen molar-refractivity contribution in [1.29, 1.82) is 0 Å². The maximum absolute atomic E-state index is 12.1. The summed E-state index contributed by atoms with van der Waals surface area (Å²) in [6.45, 7) is 2.06. The minimum atomic E-state index is -0.108. The van der Waals surface area contributed by atoms with Crippen LogP contribution in [0.3, 0.4) is 0 Å². The lowest BCUT2D eigenvalue weighted by Gasteiger charge is -2.27. The maximum atomic E-state index is 12.1. The first-order valence-electron chi connectivity index (χ1n) is 9.02. The van der Waals surface area contributed by atoms with Gasteiger partial charge in [-0.25, -0.2) is 0 Å². The predicted molar refractivity (Wildman–Crippen MR) is 112 cm³/mol.